The summed E-state index contributed by atoms with van der Waals surface area (Å²) < 4.78 is 28.6. The van der Waals surface area contributed by atoms with Gasteiger partial charge in [0, 0.05) is 13.7 Å². The summed E-state index contributed by atoms with van der Waals surface area (Å²) in [7, 11) is -8.36. The molecule has 5 N–H and O–H groups in total. The molecule has 2 fully saturated rings. The largest absolute Gasteiger partial charge is 0.380 e. The summed E-state index contributed by atoms with van der Waals surface area (Å²) in [5.74, 6) is -0.439. The average molecular weight is 315 g/mol. The van der Waals surface area contributed by atoms with E-state index in [0.29, 0.717) is 13.1 Å². The molecule has 2 rings (SSSR count). The van der Waals surface area contributed by atoms with Crippen LogP contribution in [0.1, 0.15) is 12.8 Å². The van der Waals surface area contributed by atoms with Gasteiger partial charge in [-0.05, 0) is 31.2 Å². The van der Waals surface area contributed by atoms with E-state index in [-0.39, 0.29) is 30.8 Å². The summed E-state index contributed by atoms with van der Waals surface area (Å²) in [6.07, 6.45) is -0.662. The predicted octanol–water partition coefficient (Wildman–Crippen LogP) is -0.318. The van der Waals surface area contributed by atoms with Gasteiger partial charge in [-0.25, -0.2) is 0 Å². The first-order chi connectivity index (χ1) is 8.62. The highest BCUT2D eigenvalue weighted by molar-refractivity contribution is 7.72. The number of ether oxygens (including phenoxy) is 1. The minimum atomic E-state index is -4.92. The number of hydrogen-bond donors (Lipinski definition) is 5. The third-order valence-corrected chi connectivity index (χ3v) is 8.84. The molecule has 0 aromatic heterocycles. The zero-order valence-electron chi connectivity index (χ0n) is 10.5. The Labute approximate surface area is 110 Å². The van der Waals surface area contributed by atoms with Crippen LogP contribution in [0.3, 0.4) is 0 Å². The van der Waals surface area contributed by atoms with Crippen molar-refractivity contribution in [3.63, 3.8) is 0 Å². The van der Waals surface area contributed by atoms with Gasteiger partial charge in [-0.1, -0.05) is 0 Å². The van der Waals surface area contributed by atoms with E-state index < -0.39 is 20.1 Å². The fourth-order valence-electron chi connectivity index (χ4n) is 3.32. The quantitative estimate of drug-likeness (QED) is 0.447. The Bertz CT molecular complexity index is 422. The summed E-state index contributed by atoms with van der Waals surface area (Å²) >= 11 is 0. The fraction of sp³-hybridized carbons (Fsp3) is 1.00. The topological polar surface area (TPSA) is 136 Å². The van der Waals surface area contributed by atoms with E-state index in [4.69, 9.17) is 4.74 Å². The van der Waals surface area contributed by atoms with Crippen molar-refractivity contribution in [1.82, 2.24) is 5.32 Å². The van der Waals surface area contributed by atoms with Crippen LogP contribution in [-0.4, -0.2) is 50.8 Å². The number of fused-ring (bicyclic) bond motifs is 1. The van der Waals surface area contributed by atoms with Crippen LogP contribution in [0.2, 0.25) is 0 Å². The molecule has 0 spiro atoms. The highest BCUT2D eigenvalue weighted by Gasteiger charge is 2.66. The minimum absolute atomic E-state index is 0.181. The Morgan fingerprint density at radius 2 is 1.68 bits per heavy atom. The first-order valence-electron chi connectivity index (χ1n) is 5.97. The van der Waals surface area contributed by atoms with Gasteiger partial charge in [-0.3, -0.25) is 9.13 Å². The van der Waals surface area contributed by atoms with E-state index in [1.165, 1.54) is 7.11 Å². The van der Waals surface area contributed by atoms with Crippen LogP contribution in [0, 0.1) is 11.8 Å². The molecule has 3 atom stereocenters. The van der Waals surface area contributed by atoms with Crippen LogP contribution in [0.4, 0.5) is 0 Å². The van der Waals surface area contributed by atoms with E-state index in [2.05, 4.69) is 5.32 Å². The van der Waals surface area contributed by atoms with Gasteiger partial charge in [-0.2, -0.15) is 0 Å². The number of piperidine rings is 1. The third kappa shape index (κ3) is 2.45. The summed E-state index contributed by atoms with van der Waals surface area (Å²) in [6, 6.07) is 0. The molecule has 8 nitrogen and oxygen atoms in total. The van der Waals surface area contributed by atoms with Crippen LogP contribution in [0.5, 0.6) is 0 Å². The lowest BCUT2D eigenvalue weighted by molar-refractivity contribution is 0.0179. The van der Waals surface area contributed by atoms with Crippen molar-refractivity contribution in [2.75, 3.05) is 20.2 Å². The summed E-state index contributed by atoms with van der Waals surface area (Å²) in [6.45, 7) is 1.02. The molecule has 1 aliphatic heterocycles. The number of methoxy groups -OCH3 is 1. The van der Waals surface area contributed by atoms with E-state index in [1.54, 1.807) is 0 Å². The Hall–Kier alpha value is 0.220. The lowest BCUT2D eigenvalue weighted by Gasteiger charge is -2.33. The highest BCUT2D eigenvalue weighted by Crippen LogP contribution is 2.76. The van der Waals surface area contributed by atoms with Crippen LogP contribution < -0.4 is 5.32 Å². The van der Waals surface area contributed by atoms with Crippen molar-refractivity contribution in [3.8, 4) is 0 Å². The highest BCUT2D eigenvalue weighted by atomic mass is 31.2. The van der Waals surface area contributed by atoms with Gasteiger partial charge in [0.15, 0.2) is 4.90 Å². The van der Waals surface area contributed by atoms with Crippen molar-refractivity contribution >= 4 is 15.2 Å². The van der Waals surface area contributed by atoms with Gasteiger partial charge in [-0.15, -0.1) is 0 Å². The molecule has 112 valence electrons. The first-order valence-corrected chi connectivity index (χ1v) is 9.19. The van der Waals surface area contributed by atoms with E-state index in [9.17, 15) is 28.7 Å². The molecule has 1 aliphatic carbocycles. The average Bonchev–Trinajstić information content (AvgIpc) is 2.67. The maximum Gasteiger partial charge on any atom is 0.343 e. The second-order valence-corrected chi connectivity index (χ2v) is 9.58. The van der Waals surface area contributed by atoms with Gasteiger partial charge in [0.05, 0.1) is 6.10 Å². The van der Waals surface area contributed by atoms with Gasteiger partial charge >= 0.3 is 15.2 Å². The monoisotopic (exact) mass is 315 g/mol. The smallest absolute Gasteiger partial charge is 0.343 e. The van der Waals surface area contributed by atoms with Crippen molar-refractivity contribution in [2.45, 2.75) is 23.8 Å². The molecule has 1 saturated heterocycles. The van der Waals surface area contributed by atoms with Crippen molar-refractivity contribution in [2.24, 2.45) is 11.8 Å². The second-order valence-electron chi connectivity index (χ2n) is 5.34. The summed E-state index contributed by atoms with van der Waals surface area (Å²) in [5.41, 5.74) is 0. The Balaban J connectivity index is 2.40. The van der Waals surface area contributed by atoms with Crippen LogP contribution in [0.15, 0.2) is 0 Å². The predicted molar refractivity (Wildman–Crippen MR) is 66.7 cm³/mol. The van der Waals surface area contributed by atoms with E-state index in [1.807, 2.05) is 0 Å². The zero-order valence-corrected chi connectivity index (χ0v) is 12.3. The fourth-order valence-corrected chi connectivity index (χ4v) is 6.52. The first kappa shape index (κ1) is 15.6. The van der Waals surface area contributed by atoms with Gasteiger partial charge in [0.1, 0.15) is 0 Å². The molecule has 0 aromatic carbocycles. The lowest BCUT2D eigenvalue weighted by atomic mass is 9.87. The Kier molecular flexibility index (Phi) is 4.02. The third-order valence-electron chi connectivity index (χ3n) is 4.37. The Morgan fingerprint density at radius 3 is 2.16 bits per heavy atom. The molecule has 19 heavy (non-hydrogen) atoms. The maximum atomic E-state index is 11.7. The second kappa shape index (κ2) is 4.90. The van der Waals surface area contributed by atoms with E-state index in [0.717, 1.165) is 0 Å². The van der Waals surface area contributed by atoms with Crippen molar-refractivity contribution < 1.29 is 33.4 Å². The number of nitrogens with one attached hydrogen (secondary N) is 1. The minimum Gasteiger partial charge on any atom is -0.380 e. The van der Waals surface area contributed by atoms with Gasteiger partial charge < -0.3 is 29.6 Å². The maximum absolute atomic E-state index is 11.7. The SMILES string of the molecule is COC1CNCC2CC(P(=O)(O)O)(P(=O)(O)O)CC21. The molecule has 1 heterocycles. The molecular formula is C9H19NO7P2. The molecule has 0 bridgehead atoms. The van der Waals surface area contributed by atoms with Crippen molar-refractivity contribution in [3.05, 3.63) is 0 Å². The lowest BCUT2D eigenvalue weighted by Crippen LogP contribution is -2.45. The Morgan fingerprint density at radius 1 is 1.11 bits per heavy atom. The molecule has 0 radical (unpaired) electrons. The molecule has 10 heteroatoms. The summed E-state index contributed by atoms with van der Waals surface area (Å²) in [4.78, 5) is 35.6. The molecule has 0 aromatic rings. The normalized spacial score (nSPS) is 35.1. The number of rotatable bonds is 3. The van der Waals surface area contributed by atoms with Crippen LogP contribution in [0.25, 0.3) is 0 Å². The van der Waals surface area contributed by atoms with Gasteiger partial charge in [0.25, 0.3) is 0 Å². The number of hydrogen-bond acceptors (Lipinski definition) is 4. The van der Waals surface area contributed by atoms with Crippen LogP contribution in [-0.2, 0) is 13.9 Å². The zero-order chi connectivity index (χ0) is 14.5. The molecule has 3 unspecified atom stereocenters. The summed E-state index contributed by atoms with van der Waals surface area (Å²) in [5, 5.41) is 3.07. The molecule has 1 saturated carbocycles. The van der Waals surface area contributed by atoms with Gasteiger partial charge in [0.2, 0.25) is 0 Å². The molecule has 2 aliphatic rings. The van der Waals surface area contributed by atoms with Crippen LogP contribution >= 0.6 is 15.2 Å². The van der Waals surface area contributed by atoms with E-state index >= 15 is 0 Å². The van der Waals surface area contributed by atoms with Crippen molar-refractivity contribution in [1.29, 1.82) is 0 Å². The molecular weight excluding hydrogens is 296 g/mol. The molecule has 0 amide bonds. The standard InChI is InChI=1S/C9H19NO7P2/c1-17-8-5-10-4-6-2-9(3-7(6)8,18(11,12)13)19(14,15)16/h6-8,10H,2-5H2,1H3,(H2,11,12,13)(H2,14,15,16).